The molecule has 43 heavy (non-hydrogen) atoms. The Morgan fingerprint density at radius 1 is 0.767 bits per heavy atom. The quantitative estimate of drug-likeness (QED) is 0.240. The third-order valence-corrected chi connectivity index (χ3v) is 7.07. The highest BCUT2D eigenvalue weighted by Crippen LogP contribution is 2.44. The molecular weight excluding hydrogens is 550 g/mol. The van der Waals surface area contributed by atoms with Crippen LogP contribution in [0.2, 0.25) is 0 Å². The molecule has 0 bridgehead atoms. The summed E-state index contributed by atoms with van der Waals surface area (Å²) in [4.78, 5) is 25.3. The molecule has 0 fully saturated rings. The number of nitrogens with one attached hydrogen (secondary N) is 1. The molecule has 0 spiro atoms. The molecule has 2 aliphatic rings. The van der Waals surface area contributed by atoms with E-state index in [1.807, 2.05) is 61.5 Å². The van der Waals surface area contributed by atoms with Crippen LogP contribution in [0.1, 0.15) is 22.8 Å². The van der Waals surface area contributed by atoms with Crippen molar-refractivity contribution in [3.8, 4) is 56.9 Å². The van der Waals surface area contributed by atoms with Crippen molar-refractivity contribution < 1.29 is 33.3 Å². The number of aryl methyl sites for hydroxylation is 1. The maximum absolute atomic E-state index is 13.0. The van der Waals surface area contributed by atoms with Gasteiger partial charge in [-0.25, -0.2) is 0 Å². The van der Waals surface area contributed by atoms with Crippen LogP contribution in [0, 0.1) is 6.92 Å². The Balaban J connectivity index is 1.29. The van der Waals surface area contributed by atoms with Crippen molar-refractivity contribution in [3.63, 3.8) is 0 Å². The molecule has 3 heterocycles. The van der Waals surface area contributed by atoms with Gasteiger partial charge in [0.15, 0.2) is 23.0 Å². The molecule has 0 aliphatic carbocycles. The number of benzene rings is 4. The van der Waals surface area contributed by atoms with Crippen LogP contribution in [-0.4, -0.2) is 35.2 Å². The van der Waals surface area contributed by atoms with Gasteiger partial charge >= 0.3 is 5.97 Å². The highest BCUT2D eigenvalue weighted by atomic mass is 16.7. The summed E-state index contributed by atoms with van der Waals surface area (Å²) in [5.74, 6) is 1.87. The Bertz CT molecular complexity index is 1880. The molecule has 7 rings (SSSR count). The van der Waals surface area contributed by atoms with E-state index in [1.54, 1.807) is 35.0 Å². The van der Waals surface area contributed by atoms with E-state index in [9.17, 15) is 9.59 Å². The Kier molecular flexibility index (Phi) is 6.43. The summed E-state index contributed by atoms with van der Waals surface area (Å²) in [6.07, 6.45) is 0. The van der Waals surface area contributed by atoms with Crippen molar-refractivity contribution in [1.82, 2.24) is 9.78 Å². The Hall–Kier alpha value is -5.77. The van der Waals surface area contributed by atoms with Gasteiger partial charge in [-0.05, 0) is 73.2 Å². The first-order valence-electron chi connectivity index (χ1n) is 13.5. The maximum atomic E-state index is 13.0. The van der Waals surface area contributed by atoms with E-state index in [0.717, 1.165) is 22.4 Å². The van der Waals surface area contributed by atoms with E-state index >= 15 is 0 Å². The number of esters is 1. The number of ether oxygens (including phenoxy) is 5. The maximum Gasteiger partial charge on any atom is 0.309 e. The summed E-state index contributed by atoms with van der Waals surface area (Å²) in [5, 5.41) is 7.84. The summed E-state index contributed by atoms with van der Waals surface area (Å²) >= 11 is 0. The van der Waals surface area contributed by atoms with Gasteiger partial charge in [0.05, 0.1) is 11.3 Å². The van der Waals surface area contributed by atoms with Crippen molar-refractivity contribution in [2.45, 2.75) is 13.8 Å². The lowest BCUT2D eigenvalue weighted by Crippen LogP contribution is -2.11. The zero-order chi connectivity index (χ0) is 29.5. The number of carbonyl (C=O) groups excluding carboxylic acids is 2. The highest BCUT2D eigenvalue weighted by molar-refractivity contribution is 6.05. The lowest BCUT2D eigenvalue weighted by atomic mass is 10.0. The summed E-state index contributed by atoms with van der Waals surface area (Å²) in [6.45, 7) is 3.62. The second-order valence-electron chi connectivity index (χ2n) is 10.0. The molecule has 0 saturated heterocycles. The fourth-order valence-electron chi connectivity index (χ4n) is 4.96. The Morgan fingerprint density at radius 3 is 2.09 bits per heavy atom. The van der Waals surface area contributed by atoms with Crippen molar-refractivity contribution in [2.75, 3.05) is 18.9 Å². The number of amides is 1. The van der Waals surface area contributed by atoms with Crippen molar-refractivity contribution in [1.29, 1.82) is 0 Å². The molecule has 1 aromatic heterocycles. The molecule has 10 heteroatoms. The predicted molar refractivity (Wildman–Crippen MR) is 157 cm³/mol. The van der Waals surface area contributed by atoms with E-state index in [1.165, 1.54) is 6.92 Å². The topological polar surface area (TPSA) is 110 Å². The minimum atomic E-state index is -0.487. The van der Waals surface area contributed by atoms with Crippen LogP contribution in [0.15, 0.2) is 84.9 Å². The standard InChI is InChI=1S/C33H25N3O7/c1-19-3-11-25(12-4-19)36-33(43-20(2)37)30(31(35-36)22-7-13-26-28(15-22)41-17-39-26)21-5-9-24(10-6-21)34-32(38)23-8-14-27-29(16-23)42-18-40-27/h3-16H,17-18H2,1-2H3,(H,34,38). The van der Waals surface area contributed by atoms with Gasteiger partial charge in [-0.3, -0.25) is 9.59 Å². The minimum absolute atomic E-state index is 0.131. The fourth-order valence-corrected chi connectivity index (χ4v) is 4.96. The Morgan fingerprint density at radius 2 is 1.40 bits per heavy atom. The second-order valence-corrected chi connectivity index (χ2v) is 10.0. The molecule has 0 radical (unpaired) electrons. The number of anilines is 1. The van der Waals surface area contributed by atoms with E-state index in [-0.39, 0.29) is 25.4 Å². The fraction of sp³-hybridized carbons (Fsp3) is 0.121. The highest BCUT2D eigenvalue weighted by Gasteiger charge is 2.26. The first kappa shape index (κ1) is 26.1. The average Bonchev–Trinajstić information content (AvgIpc) is 3.76. The molecule has 4 aromatic carbocycles. The zero-order valence-electron chi connectivity index (χ0n) is 23.2. The monoisotopic (exact) mass is 575 g/mol. The van der Waals surface area contributed by atoms with E-state index < -0.39 is 5.97 Å². The largest absolute Gasteiger partial charge is 0.454 e. The summed E-state index contributed by atoms with van der Waals surface area (Å²) in [5.41, 5.74) is 5.48. The van der Waals surface area contributed by atoms with E-state index in [2.05, 4.69) is 5.32 Å². The minimum Gasteiger partial charge on any atom is -0.454 e. The SMILES string of the molecule is CC(=O)Oc1c(-c2ccc(NC(=O)c3ccc4c(c3)OCO4)cc2)c(-c2ccc3c(c2)OCO3)nn1-c1ccc(C)cc1. The van der Waals surface area contributed by atoms with Crippen LogP contribution in [0.25, 0.3) is 28.1 Å². The van der Waals surface area contributed by atoms with Gasteiger partial charge in [0.1, 0.15) is 5.69 Å². The Labute approximate surface area is 246 Å². The smallest absolute Gasteiger partial charge is 0.309 e. The molecule has 0 unspecified atom stereocenters. The van der Waals surface area contributed by atoms with Crippen LogP contribution < -0.4 is 29.0 Å². The molecule has 5 aromatic rings. The van der Waals surface area contributed by atoms with Crippen LogP contribution in [-0.2, 0) is 4.79 Å². The number of aromatic nitrogens is 2. The number of nitrogens with zero attached hydrogens (tertiary/aromatic N) is 2. The first-order chi connectivity index (χ1) is 20.9. The summed E-state index contributed by atoms with van der Waals surface area (Å²) in [6, 6.07) is 25.6. The molecule has 214 valence electrons. The van der Waals surface area contributed by atoms with Crippen LogP contribution in [0.5, 0.6) is 28.9 Å². The molecular formula is C33H25N3O7. The van der Waals surface area contributed by atoms with Crippen molar-refractivity contribution >= 4 is 17.6 Å². The molecule has 2 aliphatic heterocycles. The normalized spacial score (nSPS) is 12.7. The zero-order valence-corrected chi connectivity index (χ0v) is 23.2. The van der Waals surface area contributed by atoms with Gasteiger partial charge in [0.25, 0.3) is 5.91 Å². The van der Waals surface area contributed by atoms with E-state index in [0.29, 0.717) is 45.5 Å². The number of rotatable bonds is 6. The summed E-state index contributed by atoms with van der Waals surface area (Å²) in [7, 11) is 0. The third-order valence-electron chi connectivity index (χ3n) is 7.07. The first-order valence-corrected chi connectivity index (χ1v) is 13.5. The molecule has 0 atom stereocenters. The van der Waals surface area contributed by atoms with Crippen molar-refractivity contribution in [2.24, 2.45) is 0 Å². The number of hydrogen-bond donors (Lipinski definition) is 1. The van der Waals surface area contributed by atoms with Gasteiger partial charge in [-0.2, -0.15) is 9.78 Å². The number of hydrogen-bond acceptors (Lipinski definition) is 8. The molecule has 1 amide bonds. The lowest BCUT2D eigenvalue weighted by Gasteiger charge is -2.11. The van der Waals surface area contributed by atoms with Gasteiger partial charge in [-0.15, -0.1) is 0 Å². The van der Waals surface area contributed by atoms with Crippen molar-refractivity contribution in [3.05, 3.63) is 96.1 Å². The van der Waals surface area contributed by atoms with Gasteiger partial charge in [0.2, 0.25) is 19.5 Å². The van der Waals surface area contributed by atoms with E-state index in [4.69, 9.17) is 28.8 Å². The van der Waals surface area contributed by atoms with Gasteiger partial charge in [-0.1, -0.05) is 29.8 Å². The number of carbonyl (C=O) groups is 2. The second kappa shape index (κ2) is 10.6. The van der Waals surface area contributed by atoms with Gasteiger partial charge < -0.3 is 29.0 Å². The summed E-state index contributed by atoms with van der Waals surface area (Å²) < 4.78 is 29.3. The van der Waals surface area contributed by atoms with Crippen LogP contribution >= 0.6 is 0 Å². The van der Waals surface area contributed by atoms with Gasteiger partial charge in [0, 0.05) is 23.7 Å². The molecule has 0 saturated carbocycles. The average molecular weight is 576 g/mol. The van der Waals surface area contributed by atoms with Crippen LogP contribution in [0.4, 0.5) is 5.69 Å². The number of fused-ring (bicyclic) bond motifs is 2. The molecule has 1 N–H and O–H groups in total. The molecule has 10 nitrogen and oxygen atoms in total. The third kappa shape index (κ3) is 4.99. The van der Waals surface area contributed by atoms with Crippen LogP contribution in [0.3, 0.4) is 0 Å². The lowest BCUT2D eigenvalue weighted by molar-refractivity contribution is -0.132. The predicted octanol–water partition coefficient (Wildman–Crippen LogP) is 6.15.